The fraction of sp³-hybridized carbons (Fsp3) is 0.833. The Balaban J connectivity index is 3.27. The minimum atomic E-state index is -0.853. The molecule has 54 valence electrons. The van der Waals surface area contributed by atoms with Crippen molar-refractivity contribution in [3.63, 3.8) is 0 Å². The van der Waals surface area contributed by atoms with Crippen molar-refractivity contribution in [1.29, 1.82) is 0 Å². The molecule has 0 saturated heterocycles. The average molecular weight is 148 g/mol. The van der Waals surface area contributed by atoms with Crippen LogP contribution in [0.3, 0.4) is 0 Å². The van der Waals surface area contributed by atoms with E-state index in [2.05, 4.69) is 12.6 Å². The van der Waals surface area contributed by atoms with Gasteiger partial charge in [0.1, 0.15) is 6.10 Å². The fourth-order valence-corrected chi connectivity index (χ4v) is 0.650. The molecule has 0 aliphatic heterocycles. The molecule has 1 unspecified atom stereocenters. The number of thiol groups is 1. The second-order valence-corrected chi connectivity index (χ2v) is 2.44. The Kier molecular flexibility index (Phi) is 4.81. The van der Waals surface area contributed by atoms with Crippen molar-refractivity contribution in [2.75, 3.05) is 0 Å². The third kappa shape index (κ3) is 4.48. The van der Waals surface area contributed by atoms with E-state index in [4.69, 9.17) is 5.11 Å². The van der Waals surface area contributed by atoms with E-state index < -0.39 is 11.2 Å². The van der Waals surface area contributed by atoms with Crippen molar-refractivity contribution in [2.45, 2.75) is 32.3 Å². The summed E-state index contributed by atoms with van der Waals surface area (Å²) in [7, 11) is 0. The van der Waals surface area contributed by atoms with Gasteiger partial charge in [0.2, 0.25) is 5.12 Å². The molecule has 0 fully saturated rings. The maximum atomic E-state index is 10.3. The van der Waals surface area contributed by atoms with Gasteiger partial charge in [-0.3, -0.25) is 4.79 Å². The molecule has 0 heterocycles. The molecule has 1 atom stereocenters. The zero-order valence-corrected chi connectivity index (χ0v) is 6.40. The Hall–Kier alpha value is -0.0200. The van der Waals surface area contributed by atoms with Crippen LogP contribution in [0.25, 0.3) is 0 Å². The molecule has 0 rings (SSSR count). The van der Waals surface area contributed by atoms with Crippen molar-refractivity contribution in [1.82, 2.24) is 0 Å². The van der Waals surface area contributed by atoms with Crippen LogP contribution in [0.4, 0.5) is 0 Å². The Morgan fingerprint density at radius 3 is 2.67 bits per heavy atom. The third-order valence-corrected chi connectivity index (χ3v) is 1.41. The van der Waals surface area contributed by atoms with Crippen molar-refractivity contribution >= 4 is 17.7 Å². The van der Waals surface area contributed by atoms with Gasteiger partial charge >= 0.3 is 0 Å². The zero-order valence-electron chi connectivity index (χ0n) is 5.50. The van der Waals surface area contributed by atoms with Gasteiger partial charge in [-0.1, -0.05) is 19.8 Å². The number of aliphatic hydroxyl groups excluding tert-OH is 1. The maximum Gasteiger partial charge on any atom is 0.214 e. The molecular weight excluding hydrogens is 136 g/mol. The van der Waals surface area contributed by atoms with Crippen LogP contribution in [0.2, 0.25) is 0 Å². The molecule has 0 saturated carbocycles. The quantitative estimate of drug-likeness (QED) is 0.583. The van der Waals surface area contributed by atoms with Crippen LogP contribution < -0.4 is 0 Å². The van der Waals surface area contributed by atoms with E-state index >= 15 is 0 Å². The highest BCUT2D eigenvalue weighted by molar-refractivity contribution is 7.96. The van der Waals surface area contributed by atoms with E-state index in [-0.39, 0.29) is 0 Å². The Labute approximate surface area is 60.7 Å². The molecule has 0 aromatic carbocycles. The molecule has 1 N–H and O–H groups in total. The predicted molar refractivity (Wildman–Crippen MR) is 39.5 cm³/mol. The molecule has 0 aromatic rings. The summed E-state index contributed by atoms with van der Waals surface area (Å²) >= 11 is 3.48. The van der Waals surface area contributed by atoms with Crippen LogP contribution in [-0.4, -0.2) is 16.3 Å². The molecule has 0 radical (unpaired) electrons. The van der Waals surface area contributed by atoms with Gasteiger partial charge in [-0.15, -0.1) is 12.6 Å². The van der Waals surface area contributed by atoms with Gasteiger partial charge in [0.25, 0.3) is 0 Å². The van der Waals surface area contributed by atoms with Gasteiger partial charge in [0, 0.05) is 0 Å². The van der Waals surface area contributed by atoms with Crippen molar-refractivity contribution < 1.29 is 9.90 Å². The van der Waals surface area contributed by atoms with Crippen LogP contribution in [0.15, 0.2) is 0 Å². The molecule has 0 aliphatic carbocycles. The van der Waals surface area contributed by atoms with E-state index in [0.29, 0.717) is 6.42 Å². The van der Waals surface area contributed by atoms with Gasteiger partial charge in [-0.05, 0) is 6.42 Å². The van der Waals surface area contributed by atoms with Crippen LogP contribution in [0, 0.1) is 0 Å². The Morgan fingerprint density at radius 2 is 2.33 bits per heavy atom. The predicted octanol–water partition coefficient (Wildman–Crippen LogP) is 0.994. The van der Waals surface area contributed by atoms with E-state index in [0.717, 1.165) is 12.8 Å². The first-order chi connectivity index (χ1) is 4.18. The molecule has 3 heteroatoms. The number of hydrogen-bond donors (Lipinski definition) is 2. The maximum absolute atomic E-state index is 10.3. The first-order valence-corrected chi connectivity index (χ1v) is 3.54. The minimum Gasteiger partial charge on any atom is -0.384 e. The lowest BCUT2D eigenvalue weighted by molar-refractivity contribution is -0.118. The number of aliphatic hydroxyl groups is 1. The lowest BCUT2D eigenvalue weighted by atomic mass is 10.2. The summed E-state index contributed by atoms with van der Waals surface area (Å²) in [5.74, 6) is 0. The number of hydrogen-bond acceptors (Lipinski definition) is 2. The zero-order chi connectivity index (χ0) is 7.28. The van der Waals surface area contributed by atoms with Crippen LogP contribution in [-0.2, 0) is 4.79 Å². The molecule has 0 bridgehead atoms. The smallest absolute Gasteiger partial charge is 0.214 e. The second-order valence-electron chi connectivity index (χ2n) is 2.00. The number of unbranched alkanes of at least 4 members (excludes halogenated alkanes) is 1. The largest absolute Gasteiger partial charge is 0.384 e. The summed E-state index contributed by atoms with van der Waals surface area (Å²) in [4.78, 5) is 10.3. The highest BCUT2D eigenvalue weighted by Crippen LogP contribution is 2.02. The highest BCUT2D eigenvalue weighted by atomic mass is 32.1. The van der Waals surface area contributed by atoms with Crippen molar-refractivity contribution in [3.05, 3.63) is 0 Å². The summed E-state index contributed by atoms with van der Waals surface area (Å²) in [6.07, 6.45) is 1.57. The highest BCUT2D eigenvalue weighted by Gasteiger charge is 2.08. The molecule has 9 heavy (non-hydrogen) atoms. The molecule has 0 aliphatic rings. The number of rotatable bonds is 4. The topological polar surface area (TPSA) is 37.3 Å². The number of carbonyl (C=O) groups excluding carboxylic acids is 1. The number of carbonyl (C=O) groups is 1. The molecule has 0 spiro atoms. The minimum absolute atomic E-state index is 0.427. The lowest BCUT2D eigenvalue weighted by Gasteiger charge is -2.02. The van der Waals surface area contributed by atoms with Crippen molar-refractivity contribution in [2.24, 2.45) is 0 Å². The van der Waals surface area contributed by atoms with Gasteiger partial charge < -0.3 is 5.11 Å². The monoisotopic (exact) mass is 148 g/mol. The van der Waals surface area contributed by atoms with Crippen molar-refractivity contribution in [3.8, 4) is 0 Å². The summed E-state index contributed by atoms with van der Waals surface area (Å²) in [6.45, 7) is 2.01. The second kappa shape index (κ2) is 4.82. The van der Waals surface area contributed by atoms with Crippen LogP contribution >= 0.6 is 12.6 Å². The average Bonchev–Trinajstić information content (AvgIpc) is 1.82. The molecule has 2 nitrogen and oxygen atoms in total. The third-order valence-electron chi connectivity index (χ3n) is 1.12. The molecule has 0 amide bonds. The Morgan fingerprint density at radius 1 is 1.78 bits per heavy atom. The molecule has 0 aromatic heterocycles. The van der Waals surface area contributed by atoms with Crippen LogP contribution in [0.5, 0.6) is 0 Å². The lowest BCUT2D eigenvalue weighted by Crippen LogP contribution is -2.13. The summed E-state index contributed by atoms with van der Waals surface area (Å²) in [5.41, 5.74) is 0. The van der Waals surface area contributed by atoms with E-state index in [1.165, 1.54) is 0 Å². The summed E-state index contributed by atoms with van der Waals surface area (Å²) in [6, 6.07) is 0. The first kappa shape index (κ1) is 8.98. The first-order valence-electron chi connectivity index (χ1n) is 3.09. The van der Waals surface area contributed by atoms with E-state index in [9.17, 15) is 4.79 Å². The SMILES string of the molecule is CCCCC(O)C(=O)S. The van der Waals surface area contributed by atoms with Gasteiger partial charge in [-0.2, -0.15) is 0 Å². The van der Waals surface area contributed by atoms with E-state index in [1.54, 1.807) is 0 Å². The normalized spacial score (nSPS) is 13.2. The van der Waals surface area contributed by atoms with Crippen LogP contribution in [0.1, 0.15) is 26.2 Å². The summed E-state index contributed by atoms with van der Waals surface area (Å²) < 4.78 is 0. The fourth-order valence-electron chi connectivity index (χ4n) is 0.521. The standard InChI is InChI=1S/C6H12O2S/c1-2-3-4-5(7)6(8)9/h5,7H,2-4H2,1H3,(H,8,9). The molecular formula is C6H12O2S. The summed E-state index contributed by atoms with van der Waals surface area (Å²) in [5, 5.41) is 8.40. The van der Waals surface area contributed by atoms with Gasteiger partial charge in [0.05, 0.1) is 0 Å². The van der Waals surface area contributed by atoms with Gasteiger partial charge in [-0.25, -0.2) is 0 Å². The Bertz CT molecular complexity index is 93.1. The van der Waals surface area contributed by atoms with E-state index in [1.807, 2.05) is 6.92 Å². The van der Waals surface area contributed by atoms with Gasteiger partial charge in [0.15, 0.2) is 0 Å².